The Balaban J connectivity index is 0.000000155. The summed E-state index contributed by atoms with van der Waals surface area (Å²) in [5, 5.41) is 14.6. The Morgan fingerprint density at radius 1 is 0.694 bits per heavy atom. The van der Waals surface area contributed by atoms with Gasteiger partial charge >= 0.3 is 0 Å². The smallest absolute Gasteiger partial charge is 0.219 e. The normalized spacial score (nSPS) is 15.8. The van der Waals surface area contributed by atoms with Gasteiger partial charge in [-0.15, -0.1) is 0 Å². The standard InChI is InChI=1S/C21H20ClN3O.C19H18ClN3/c1-14-18(6-3-7-19(14)22)21(12-25(13-21)15(2)26)24-17-9-8-16-5-4-10-23-20(16)11-17;1-13-16(5-2-6-17(13)20)19(11-21-12-19)23-15-8-7-14-4-3-9-22-18(14)10-15/h3-11,24H,12-13H2,1-2H3;2-10,21,23H,11-12H2,1H3. The third-order valence-corrected chi connectivity index (χ3v) is 10.6. The number of fused-ring (bicyclic) bond motifs is 2. The number of carbonyl (C=O) groups excluding carboxylic acids is 1. The number of aromatic nitrogens is 2. The molecule has 2 saturated heterocycles. The lowest BCUT2D eigenvalue weighted by molar-refractivity contribution is -0.135. The van der Waals surface area contributed by atoms with Crippen molar-refractivity contribution >= 4 is 62.3 Å². The van der Waals surface area contributed by atoms with Gasteiger partial charge in [-0.05, 0) is 84.6 Å². The van der Waals surface area contributed by atoms with E-state index in [9.17, 15) is 4.79 Å². The number of halogens is 2. The minimum Gasteiger partial charge on any atom is -0.373 e. The first kappa shape index (κ1) is 32.8. The Morgan fingerprint density at radius 3 is 1.65 bits per heavy atom. The number of likely N-dealkylation sites (tertiary alicyclic amines) is 1. The van der Waals surface area contributed by atoms with Crippen LogP contribution in [0.4, 0.5) is 11.4 Å². The van der Waals surface area contributed by atoms with Crippen molar-refractivity contribution in [3.63, 3.8) is 0 Å². The molecule has 6 aromatic rings. The number of hydrogen-bond acceptors (Lipinski definition) is 6. The molecule has 8 rings (SSSR count). The molecule has 7 nitrogen and oxygen atoms in total. The van der Waals surface area contributed by atoms with Crippen molar-refractivity contribution in [2.24, 2.45) is 0 Å². The van der Waals surface area contributed by atoms with Crippen molar-refractivity contribution in [3.8, 4) is 0 Å². The zero-order valence-electron chi connectivity index (χ0n) is 27.7. The number of carbonyl (C=O) groups is 1. The number of rotatable bonds is 6. The van der Waals surface area contributed by atoms with Crippen LogP contribution < -0.4 is 16.0 Å². The van der Waals surface area contributed by atoms with Crippen LogP contribution in [-0.2, 0) is 15.9 Å². The van der Waals surface area contributed by atoms with Gasteiger partial charge in [0.2, 0.25) is 5.91 Å². The molecule has 2 aromatic heterocycles. The van der Waals surface area contributed by atoms with Crippen molar-refractivity contribution in [1.82, 2.24) is 20.2 Å². The number of anilines is 2. The Kier molecular flexibility index (Phi) is 8.92. The molecule has 2 fully saturated rings. The number of nitrogens with one attached hydrogen (secondary N) is 3. The first-order valence-corrected chi connectivity index (χ1v) is 17.2. The van der Waals surface area contributed by atoms with Gasteiger partial charge in [0.25, 0.3) is 0 Å². The number of nitrogens with zero attached hydrogens (tertiary/aromatic N) is 3. The first-order valence-electron chi connectivity index (χ1n) is 16.4. The molecule has 0 radical (unpaired) electrons. The molecule has 9 heteroatoms. The quantitative estimate of drug-likeness (QED) is 0.163. The van der Waals surface area contributed by atoms with Gasteiger partial charge in [-0.2, -0.15) is 0 Å². The minimum atomic E-state index is -0.344. The van der Waals surface area contributed by atoms with Gasteiger partial charge in [0.05, 0.1) is 22.1 Å². The van der Waals surface area contributed by atoms with E-state index >= 15 is 0 Å². The summed E-state index contributed by atoms with van der Waals surface area (Å²) < 4.78 is 0. The first-order chi connectivity index (χ1) is 23.7. The van der Waals surface area contributed by atoms with Crippen molar-refractivity contribution in [2.45, 2.75) is 31.8 Å². The molecule has 0 aliphatic carbocycles. The molecule has 4 aromatic carbocycles. The van der Waals surface area contributed by atoms with Crippen LogP contribution in [0.15, 0.2) is 109 Å². The summed E-state index contributed by atoms with van der Waals surface area (Å²) in [4.78, 5) is 22.5. The number of amides is 1. The fourth-order valence-corrected chi connectivity index (χ4v) is 7.31. The summed E-state index contributed by atoms with van der Waals surface area (Å²) in [5.74, 6) is 0.0854. The van der Waals surface area contributed by atoms with E-state index in [1.54, 1.807) is 13.1 Å². The molecule has 248 valence electrons. The number of pyridine rings is 2. The maximum Gasteiger partial charge on any atom is 0.219 e. The van der Waals surface area contributed by atoms with Gasteiger partial charge in [-0.1, -0.05) is 71.7 Å². The molecular weight excluding hydrogens is 651 g/mol. The molecule has 4 heterocycles. The van der Waals surface area contributed by atoms with E-state index in [4.69, 9.17) is 23.2 Å². The average molecular weight is 690 g/mol. The third-order valence-electron chi connectivity index (χ3n) is 9.77. The lowest BCUT2D eigenvalue weighted by atomic mass is 9.79. The van der Waals surface area contributed by atoms with Crippen LogP contribution in [-0.4, -0.2) is 47.0 Å². The predicted octanol–water partition coefficient (Wildman–Crippen LogP) is 8.47. The van der Waals surface area contributed by atoms with Crippen LogP contribution in [0.5, 0.6) is 0 Å². The minimum absolute atomic E-state index is 0.0854. The summed E-state index contributed by atoms with van der Waals surface area (Å²) in [7, 11) is 0. The maximum atomic E-state index is 11.8. The summed E-state index contributed by atoms with van der Waals surface area (Å²) in [6.45, 7) is 8.71. The number of benzene rings is 4. The van der Waals surface area contributed by atoms with E-state index < -0.39 is 0 Å². The zero-order valence-corrected chi connectivity index (χ0v) is 29.2. The monoisotopic (exact) mass is 688 g/mol. The van der Waals surface area contributed by atoms with E-state index in [0.29, 0.717) is 13.1 Å². The maximum absolute atomic E-state index is 11.8. The third kappa shape index (κ3) is 6.42. The van der Waals surface area contributed by atoms with E-state index in [1.165, 1.54) is 5.56 Å². The van der Waals surface area contributed by atoms with Crippen molar-refractivity contribution in [1.29, 1.82) is 0 Å². The van der Waals surface area contributed by atoms with Gasteiger partial charge in [0.1, 0.15) is 0 Å². The molecule has 0 bridgehead atoms. The predicted molar refractivity (Wildman–Crippen MR) is 202 cm³/mol. The fraction of sp³-hybridized carbons (Fsp3) is 0.225. The van der Waals surface area contributed by atoms with Crippen molar-refractivity contribution < 1.29 is 4.79 Å². The molecule has 0 unspecified atom stereocenters. The SMILES string of the molecule is CC(=O)N1CC(Nc2ccc3cccnc3c2)(c2cccc(Cl)c2C)C1.Cc1c(Cl)cccc1C1(Nc2ccc3cccnc3c2)CNC1. The van der Waals surface area contributed by atoms with Crippen LogP contribution in [0, 0.1) is 13.8 Å². The average Bonchev–Trinajstić information content (AvgIpc) is 3.07. The molecule has 3 N–H and O–H groups in total. The molecule has 0 spiro atoms. The van der Waals surface area contributed by atoms with E-state index in [-0.39, 0.29) is 17.0 Å². The second kappa shape index (κ2) is 13.3. The second-order valence-electron chi connectivity index (χ2n) is 13.0. The van der Waals surface area contributed by atoms with E-state index in [1.807, 2.05) is 66.6 Å². The van der Waals surface area contributed by atoms with E-state index in [0.717, 1.165) is 73.0 Å². The topological polar surface area (TPSA) is 82.2 Å². The van der Waals surface area contributed by atoms with Gasteiger partial charge < -0.3 is 20.9 Å². The highest BCUT2D eigenvalue weighted by molar-refractivity contribution is 6.31. The van der Waals surface area contributed by atoms with Gasteiger partial charge in [-0.25, -0.2) is 0 Å². The van der Waals surface area contributed by atoms with Gasteiger partial charge in [0.15, 0.2) is 0 Å². The van der Waals surface area contributed by atoms with Crippen LogP contribution >= 0.6 is 23.2 Å². The Hall–Kier alpha value is -4.69. The second-order valence-corrected chi connectivity index (χ2v) is 13.9. The van der Waals surface area contributed by atoms with Crippen molar-refractivity contribution in [2.75, 3.05) is 36.8 Å². The lowest BCUT2D eigenvalue weighted by Crippen LogP contribution is -2.64. The van der Waals surface area contributed by atoms with Crippen LogP contribution in [0.3, 0.4) is 0 Å². The summed E-state index contributed by atoms with van der Waals surface area (Å²) in [6.07, 6.45) is 3.62. The molecule has 0 saturated carbocycles. The van der Waals surface area contributed by atoms with Crippen molar-refractivity contribution in [3.05, 3.63) is 142 Å². The Labute approximate surface area is 296 Å². The number of hydrogen-bond donors (Lipinski definition) is 3. The summed E-state index contributed by atoms with van der Waals surface area (Å²) in [6, 6.07) is 32.6. The summed E-state index contributed by atoms with van der Waals surface area (Å²) >= 11 is 12.7. The Bertz CT molecular complexity index is 2180. The summed E-state index contributed by atoms with van der Waals surface area (Å²) in [5.41, 5.74) is 8.12. The highest BCUT2D eigenvalue weighted by Gasteiger charge is 2.46. The van der Waals surface area contributed by atoms with Gasteiger partial charge in [-0.3, -0.25) is 14.8 Å². The molecule has 49 heavy (non-hydrogen) atoms. The highest BCUT2D eigenvalue weighted by Crippen LogP contribution is 2.40. The molecular formula is C40H38Cl2N6O. The van der Waals surface area contributed by atoms with Gasteiger partial charge in [0, 0.05) is 77.7 Å². The highest BCUT2D eigenvalue weighted by atomic mass is 35.5. The van der Waals surface area contributed by atoms with E-state index in [2.05, 4.69) is 81.4 Å². The molecule has 1 amide bonds. The van der Waals surface area contributed by atoms with Crippen LogP contribution in [0.25, 0.3) is 21.8 Å². The van der Waals surface area contributed by atoms with Crippen LogP contribution in [0.2, 0.25) is 10.0 Å². The molecule has 2 aliphatic rings. The lowest BCUT2D eigenvalue weighted by Gasteiger charge is -2.51. The Morgan fingerprint density at radius 2 is 1.18 bits per heavy atom. The largest absolute Gasteiger partial charge is 0.373 e. The zero-order chi connectivity index (χ0) is 34.2. The molecule has 0 atom stereocenters. The van der Waals surface area contributed by atoms with Crippen LogP contribution in [0.1, 0.15) is 29.2 Å². The molecule has 2 aliphatic heterocycles. The fourth-order valence-electron chi connectivity index (χ4n) is 6.96.